The van der Waals surface area contributed by atoms with Gasteiger partial charge < -0.3 is 10.5 Å². The van der Waals surface area contributed by atoms with Gasteiger partial charge in [0.25, 0.3) is 0 Å². The number of sulfone groups is 1. The summed E-state index contributed by atoms with van der Waals surface area (Å²) in [6, 6.07) is 6.27. The first-order valence-electron chi connectivity index (χ1n) is 5.90. The second-order valence-electron chi connectivity index (χ2n) is 5.14. The van der Waals surface area contributed by atoms with E-state index in [1.54, 1.807) is 12.1 Å². The van der Waals surface area contributed by atoms with Gasteiger partial charge in [-0.1, -0.05) is 13.8 Å². The van der Waals surface area contributed by atoms with Gasteiger partial charge in [-0.25, -0.2) is 8.42 Å². The van der Waals surface area contributed by atoms with Crippen LogP contribution < -0.4 is 10.5 Å². The number of benzene rings is 1. The lowest BCUT2D eigenvalue weighted by atomic mass is 9.88. The van der Waals surface area contributed by atoms with E-state index in [1.807, 2.05) is 13.8 Å². The molecule has 0 radical (unpaired) electrons. The molecule has 6 heteroatoms. The maximum Gasteiger partial charge on any atom is 0.175 e. The van der Waals surface area contributed by atoms with Crippen molar-refractivity contribution in [1.29, 1.82) is 5.41 Å². The number of rotatable bonds is 6. The summed E-state index contributed by atoms with van der Waals surface area (Å²) in [6.45, 7) is 4.18. The molecule has 0 bridgehead atoms. The summed E-state index contributed by atoms with van der Waals surface area (Å²) >= 11 is 0. The SMILES string of the molecule is CC(C)(CCOc1ccc(S(C)(=O)=O)cc1)C(=N)N. The number of hydrogen-bond donors (Lipinski definition) is 2. The Balaban J connectivity index is 2.59. The van der Waals surface area contributed by atoms with Gasteiger partial charge in [0.2, 0.25) is 0 Å². The first-order valence-corrected chi connectivity index (χ1v) is 7.79. The molecule has 0 aromatic heterocycles. The summed E-state index contributed by atoms with van der Waals surface area (Å²) in [5.41, 5.74) is 5.08. The van der Waals surface area contributed by atoms with Gasteiger partial charge in [-0.3, -0.25) is 5.41 Å². The summed E-state index contributed by atoms with van der Waals surface area (Å²) in [6.07, 6.45) is 1.79. The monoisotopic (exact) mass is 284 g/mol. The van der Waals surface area contributed by atoms with Crippen molar-refractivity contribution in [3.63, 3.8) is 0 Å². The molecule has 0 spiro atoms. The Hall–Kier alpha value is -1.56. The Kier molecular flexibility index (Phi) is 4.57. The Morgan fingerprint density at radius 2 is 1.84 bits per heavy atom. The molecule has 0 amide bonds. The van der Waals surface area contributed by atoms with Crippen LogP contribution in [0.4, 0.5) is 0 Å². The van der Waals surface area contributed by atoms with Crippen molar-refractivity contribution in [3.05, 3.63) is 24.3 Å². The van der Waals surface area contributed by atoms with Crippen LogP contribution in [-0.2, 0) is 9.84 Å². The molecule has 106 valence electrons. The van der Waals surface area contributed by atoms with Crippen LogP contribution in [0.3, 0.4) is 0 Å². The molecule has 0 aliphatic heterocycles. The van der Waals surface area contributed by atoms with Crippen LogP contribution in [0, 0.1) is 10.8 Å². The summed E-state index contributed by atoms with van der Waals surface area (Å²) in [5, 5.41) is 7.43. The van der Waals surface area contributed by atoms with E-state index in [0.29, 0.717) is 18.8 Å². The van der Waals surface area contributed by atoms with Gasteiger partial charge in [-0.05, 0) is 30.7 Å². The molecule has 0 fully saturated rings. The van der Waals surface area contributed by atoms with E-state index in [1.165, 1.54) is 12.1 Å². The largest absolute Gasteiger partial charge is 0.494 e. The average Bonchev–Trinajstić information content (AvgIpc) is 2.28. The molecule has 3 N–H and O–H groups in total. The fraction of sp³-hybridized carbons (Fsp3) is 0.462. The highest BCUT2D eigenvalue weighted by Gasteiger charge is 2.21. The Labute approximate surface area is 114 Å². The Morgan fingerprint density at radius 1 is 1.32 bits per heavy atom. The van der Waals surface area contributed by atoms with Crippen molar-refractivity contribution in [2.45, 2.75) is 25.2 Å². The van der Waals surface area contributed by atoms with Gasteiger partial charge in [0.05, 0.1) is 17.3 Å². The van der Waals surface area contributed by atoms with Gasteiger partial charge in [-0.15, -0.1) is 0 Å². The minimum atomic E-state index is -3.17. The van der Waals surface area contributed by atoms with Crippen LogP contribution in [0.1, 0.15) is 20.3 Å². The molecule has 0 heterocycles. The maximum absolute atomic E-state index is 11.3. The lowest BCUT2D eigenvalue weighted by Crippen LogP contribution is -2.32. The van der Waals surface area contributed by atoms with E-state index in [9.17, 15) is 8.42 Å². The van der Waals surface area contributed by atoms with Gasteiger partial charge in [0.1, 0.15) is 5.75 Å². The lowest BCUT2D eigenvalue weighted by Gasteiger charge is -2.22. The molecule has 1 rings (SSSR count). The maximum atomic E-state index is 11.3. The number of hydrogen-bond acceptors (Lipinski definition) is 4. The molecule has 1 aromatic carbocycles. The predicted molar refractivity (Wildman–Crippen MR) is 75.4 cm³/mol. The molecule has 0 saturated carbocycles. The molecule has 19 heavy (non-hydrogen) atoms. The van der Waals surface area contributed by atoms with Crippen molar-refractivity contribution in [2.24, 2.45) is 11.1 Å². The fourth-order valence-electron chi connectivity index (χ4n) is 1.34. The van der Waals surface area contributed by atoms with E-state index in [-0.39, 0.29) is 10.7 Å². The van der Waals surface area contributed by atoms with Crippen LogP contribution in [-0.4, -0.2) is 27.1 Å². The van der Waals surface area contributed by atoms with Gasteiger partial charge >= 0.3 is 0 Å². The van der Waals surface area contributed by atoms with Gasteiger partial charge in [-0.2, -0.15) is 0 Å². The molecular formula is C13H20N2O3S. The van der Waals surface area contributed by atoms with Crippen LogP contribution >= 0.6 is 0 Å². The molecule has 0 aliphatic carbocycles. The molecule has 0 aliphatic rings. The highest BCUT2D eigenvalue weighted by atomic mass is 32.2. The molecule has 5 nitrogen and oxygen atoms in total. The first-order chi connectivity index (χ1) is 8.63. The minimum absolute atomic E-state index is 0.128. The summed E-state index contributed by atoms with van der Waals surface area (Å²) in [4.78, 5) is 0.268. The number of nitrogens with two attached hydrogens (primary N) is 1. The van der Waals surface area contributed by atoms with Gasteiger partial charge in [0, 0.05) is 11.7 Å². The zero-order valence-electron chi connectivity index (χ0n) is 11.4. The van der Waals surface area contributed by atoms with E-state index in [2.05, 4.69) is 0 Å². The Morgan fingerprint density at radius 3 is 2.26 bits per heavy atom. The van der Waals surface area contributed by atoms with Crippen LogP contribution in [0.15, 0.2) is 29.2 Å². The van der Waals surface area contributed by atoms with E-state index >= 15 is 0 Å². The summed E-state index contributed by atoms with van der Waals surface area (Å²) in [7, 11) is -3.17. The average molecular weight is 284 g/mol. The highest BCUT2D eigenvalue weighted by Crippen LogP contribution is 2.21. The fourth-order valence-corrected chi connectivity index (χ4v) is 1.97. The molecule has 0 saturated heterocycles. The second-order valence-corrected chi connectivity index (χ2v) is 7.16. The standard InChI is InChI=1S/C13H20N2O3S/c1-13(2,12(14)15)8-9-18-10-4-6-11(7-5-10)19(3,16)17/h4-7H,8-9H2,1-3H3,(H3,14,15). The predicted octanol–water partition coefficient (Wildman–Crippen LogP) is 1.82. The Bertz CT molecular complexity index is 548. The topological polar surface area (TPSA) is 93.2 Å². The first kappa shape index (κ1) is 15.5. The zero-order valence-corrected chi connectivity index (χ0v) is 12.3. The third-order valence-corrected chi connectivity index (χ3v) is 4.11. The van der Waals surface area contributed by atoms with E-state index in [4.69, 9.17) is 15.9 Å². The smallest absolute Gasteiger partial charge is 0.175 e. The third kappa shape index (κ3) is 4.55. The van der Waals surface area contributed by atoms with E-state index in [0.717, 1.165) is 6.26 Å². The molecular weight excluding hydrogens is 264 g/mol. The molecule has 1 aromatic rings. The van der Waals surface area contributed by atoms with Crippen molar-refractivity contribution in [3.8, 4) is 5.75 Å². The second kappa shape index (κ2) is 5.61. The van der Waals surface area contributed by atoms with Crippen molar-refractivity contribution in [1.82, 2.24) is 0 Å². The number of amidine groups is 1. The van der Waals surface area contributed by atoms with E-state index < -0.39 is 15.3 Å². The highest BCUT2D eigenvalue weighted by molar-refractivity contribution is 7.90. The van der Waals surface area contributed by atoms with Crippen LogP contribution in [0.2, 0.25) is 0 Å². The van der Waals surface area contributed by atoms with Crippen LogP contribution in [0.5, 0.6) is 5.75 Å². The quantitative estimate of drug-likeness (QED) is 0.615. The third-order valence-electron chi connectivity index (χ3n) is 2.98. The zero-order chi connectivity index (χ0) is 14.7. The normalized spacial score (nSPS) is 12.2. The number of ether oxygens (including phenoxy) is 1. The number of nitrogens with one attached hydrogen (secondary N) is 1. The summed E-state index contributed by atoms with van der Waals surface area (Å²) < 4.78 is 28.1. The summed E-state index contributed by atoms with van der Waals surface area (Å²) in [5.74, 6) is 0.732. The van der Waals surface area contributed by atoms with Crippen molar-refractivity contribution >= 4 is 15.7 Å². The van der Waals surface area contributed by atoms with Crippen molar-refractivity contribution in [2.75, 3.05) is 12.9 Å². The molecule has 0 unspecified atom stereocenters. The van der Waals surface area contributed by atoms with Crippen molar-refractivity contribution < 1.29 is 13.2 Å². The lowest BCUT2D eigenvalue weighted by molar-refractivity contribution is 0.268. The van der Waals surface area contributed by atoms with Crippen LogP contribution in [0.25, 0.3) is 0 Å². The molecule has 0 atom stereocenters. The minimum Gasteiger partial charge on any atom is -0.494 e. The van der Waals surface area contributed by atoms with Gasteiger partial charge in [0.15, 0.2) is 9.84 Å².